The average molecular weight is 537 g/mol. The van der Waals surface area contributed by atoms with E-state index in [-0.39, 0.29) is 23.6 Å². The zero-order valence-corrected chi connectivity index (χ0v) is 23.4. The zero-order chi connectivity index (χ0) is 27.7. The van der Waals surface area contributed by atoms with Gasteiger partial charge >= 0.3 is 11.8 Å². The number of H-pyrrole nitrogens is 1. The standard InChI is InChI=1S/C28H40N8O3/c1-5-6-13-30-25-32-23(29)22-24(33-25)36(26(37)31-22)15-19-9-7-18(8-10-19)14-34-16-21-12-11-20(34)17-35(21)27(38)39-28(2,3)4/h7-10,20-21H,5-6,11-17H2,1-4H3,(H,31,37)(H3,29,30,32,33)/t20-,21+/m1/s1. The molecule has 0 aliphatic carbocycles. The number of rotatable bonds is 8. The highest BCUT2D eigenvalue weighted by Gasteiger charge is 2.42. The second kappa shape index (κ2) is 10.9. The van der Waals surface area contributed by atoms with Crippen molar-refractivity contribution in [3.05, 3.63) is 45.9 Å². The molecule has 11 heteroatoms. The first kappa shape index (κ1) is 27.0. The topological polar surface area (TPSA) is 134 Å². The normalized spacial score (nSPS) is 19.5. The molecule has 5 heterocycles. The first-order valence-electron chi connectivity index (χ1n) is 13.9. The lowest BCUT2D eigenvalue weighted by molar-refractivity contribution is -0.0436. The van der Waals surface area contributed by atoms with Gasteiger partial charge in [-0.05, 0) is 51.2 Å². The van der Waals surface area contributed by atoms with E-state index in [1.807, 2.05) is 25.7 Å². The molecule has 1 aromatic carbocycles. The van der Waals surface area contributed by atoms with Crippen molar-refractivity contribution in [3.8, 4) is 0 Å². The van der Waals surface area contributed by atoms with E-state index in [1.54, 1.807) is 4.57 Å². The number of nitrogen functional groups attached to an aromatic ring is 1. The van der Waals surface area contributed by atoms with Crippen LogP contribution in [0.25, 0.3) is 11.2 Å². The van der Waals surface area contributed by atoms with Crippen LogP contribution in [0.3, 0.4) is 0 Å². The van der Waals surface area contributed by atoms with E-state index < -0.39 is 5.60 Å². The Hall–Kier alpha value is -3.60. The highest BCUT2D eigenvalue weighted by atomic mass is 16.6. The van der Waals surface area contributed by atoms with Crippen molar-refractivity contribution in [1.82, 2.24) is 29.3 Å². The van der Waals surface area contributed by atoms with Crippen molar-refractivity contribution in [2.45, 2.75) is 84.2 Å². The molecule has 2 aromatic heterocycles. The van der Waals surface area contributed by atoms with Crippen LogP contribution < -0.4 is 16.7 Å². The minimum Gasteiger partial charge on any atom is -0.444 e. The Bertz CT molecular complexity index is 1370. The molecular weight excluding hydrogens is 496 g/mol. The highest BCUT2D eigenvalue weighted by Crippen LogP contribution is 2.31. The molecule has 0 unspecified atom stereocenters. The summed E-state index contributed by atoms with van der Waals surface area (Å²) in [6.45, 7) is 11.4. The SMILES string of the molecule is CCCCNc1nc(N)c2[nH]c(=O)n(Cc3ccc(CN4C[C@@H]5CC[C@@H]4CN5C(=O)OC(C)(C)C)cc3)c2n1. The number of amides is 1. The van der Waals surface area contributed by atoms with E-state index in [0.29, 0.717) is 36.2 Å². The predicted octanol–water partition coefficient (Wildman–Crippen LogP) is 3.55. The van der Waals surface area contributed by atoms with Crippen LogP contribution in [0.2, 0.25) is 0 Å². The molecule has 2 atom stereocenters. The van der Waals surface area contributed by atoms with Gasteiger partial charge in [-0.1, -0.05) is 37.6 Å². The third-order valence-corrected chi connectivity index (χ3v) is 7.48. The van der Waals surface area contributed by atoms with Crippen LogP contribution in [0.1, 0.15) is 64.5 Å². The summed E-state index contributed by atoms with van der Waals surface area (Å²) >= 11 is 0. The molecule has 3 aromatic rings. The molecule has 1 amide bonds. The molecule has 39 heavy (non-hydrogen) atoms. The summed E-state index contributed by atoms with van der Waals surface area (Å²) in [4.78, 5) is 41.5. The van der Waals surface area contributed by atoms with E-state index in [1.165, 1.54) is 5.56 Å². The number of fused-ring (bicyclic) bond motifs is 4. The first-order valence-corrected chi connectivity index (χ1v) is 13.9. The monoisotopic (exact) mass is 536 g/mol. The predicted molar refractivity (Wildman–Crippen MR) is 152 cm³/mol. The number of carbonyl (C=O) groups excluding carboxylic acids is 1. The molecule has 0 radical (unpaired) electrons. The molecule has 210 valence electrons. The Morgan fingerprint density at radius 2 is 1.79 bits per heavy atom. The maximum atomic E-state index is 12.7. The van der Waals surface area contributed by atoms with E-state index in [0.717, 1.165) is 50.9 Å². The zero-order valence-electron chi connectivity index (χ0n) is 23.4. The number of imidazole rings is 1. The summed E-state index contributed by atoms with van der Waals surface area (Å²) in [5.41, 5.74) is 8.52. The molecule has 4 N–H and O–H groups in total. The molecular formula is C28H40N8O3. The van der Waals surface area contributed by atoms with Gasteiger partial charge in [0.25, 0.3) is 0 Å². The van der Waals surface area contributed by atoms with E-state index in [2.05, 4.69) is 56.4 Å². The Kier molecular flexibility index (Phi) is 7.53. The van der Waals surface area contributed by atoms with E-state index in [9.17, 15) is 9.59 Å². The number of aromatic amines is 1. The minimum atomic E-state index is -0.486. The fraction of sp³-hybridized carbons (Fsp3) is 0.571. The lowest BCUT2D eigenvalue weighted by Gasteiger charge is -2.51. The maximum Gasteiger partial charge on any atom is 0.410 e. The van der Waals surface area contributed by atoms with Crippen molar-refractivity contribution in [1.29, 1.82) is 0 Å². The Labute approximate surface area is 228 Å². The quantitative estimate of drug-likeness (QED) is 0.372. The van der Waals surface area contributed by atoms with E-state index in [4.69, 9.17) is 10.5 Å². The number of piperidine rings is 2. The molecule has 3 saturated heterocycles. The molecule has 6 rings (SSSR count). The van der Waals surface area contributed by atoms with Crippen LogP contribution in [0.5, 0.6) is 0 Å². The smallest absolute Gasteiger partial charge is 0.410 e. The summed E-state index contributed by atoms with van der Waals surface area (Å²) in [6.07, 6.45) is 3.95. The van der Waals surface area contributed by atoms with Crippen LogP contribution >= 0.6 is 0 Å². The second-order valence-corrected chi connectivity index (χ2v) is 11.7. The summed E-state index contributed by atoms with van der Waals surface area (Å²) in [6, 6.07) is 8.86. The summed E-state index contributed by atoms with van der Waals surface area (Å²) in [5, 5.41) is 3.19. The minimum absolute atomic E-state index is 0.189. The molecule has 3 aliphatic heterocycles. The van der Waals surface area contributed by atoms with Gasteiger partial charge in [0, 0.05) is 38.3 Å². The van der Waals surface area contributed by atoms with E-state index >= 15 is 0 Å². The maximum absolute atomic E-state index is 12.7. The third-order valence-electron chi connectivity index (χ3n) is 7.48. The van der Waals surface area contributed by atoms with Gasteiger partial charge in [0.05, 0.1) is 6.54 Å². The number of hydrogen-bond acceptors (Lipinski definition) is 8. The Balaban J connectivity index is 1.24. The average Bonchev–Trinajstić information content (AvgIpc) is 3.20. The lowest BCUT2D eigenvalue weighted by Crippen LogP contribution is -2.63. The van der Waals surface area contributed by atoms with Crippen LogP contribution in [0, 0.1) is 0 Å². The fourth-order valence-corrected chi connectivity index (χ4v) is 5.47. The number of piperazine rings is 1. The van der Waals surface area contributed by atoms with Crippen molar-refractivity contribution in [2.24, 2.45) is 0 Å². The molecule has 11 nitrogen and oxygen atoms in total. The summed E-state index contributed by atoms with van der Waals surface area (Å²) in [7, 11) is 0. The van der Waals surface area contributed by atoms with Crippen LogP contribution in [-0.2, 0) is 17.8 Å². The largest absolute Gasteiger partial charge is 0.444 e. The number of nitrogens with one attached hydrogen (secondary N) is 2. The van der Waals surface area contributed by atoms with Crippen molar-refractivity contribution in [2.75, 3.05) is 30.7 Å². The van der Waals surface area contributed by atoms with Crippen LogP contribution in [0.4, 0.5) is 16.6 Å². The molecule has 3 aliphatic rings. The molecule has 3 fully saturated rings. The van der Waals surface area contributed by atoms with Gasteiger partial charge in [-0.2, -0.15) is 9.97 Å². The van der Waals surface area contributed by atoms with Gasteiger partial charge in [0.1, 0.15) is 11.1 Å². The van der Waals surface area contributed by atoms with Gasteiger partial charge in [0.15, 0.2) is 11.5 Å². The molecule has 0 spiro atoms. The first-order chi connectivity index (χ1) is 18.6. The van der Waals surface area contributed by atoms with Crippen molar-refractivity contribution >= 4 is 29.0 Å². The number of aromatic nitrogens is 4. The van der Waals surface area contributed by atoms with Gasteiger partial charge in [-0.15, -0.1) is 0 Å². The van der Waals surface area contributed by atoms with Crippen molar-refractivity contribution in [3.63, 3.8) is 0 Å². The summed E-state index contributed by atoms with van der Waals surface area (Å²) in [5.74, 6) is 0.684. The second-order valence-electron chi connectivity index (χ2n) is 11.7. The lowest BCUT2D eigenvalue weighted by atomic mass is 9.90. The Morgan fingerprint density at radius 1 is 1.10 bits per heavy atom. The van der Waals surface area contributed by atoms with Crippen LogP contribution in [-0.4, -0.2) is 72.7 Å². The number of ether oxygens (including phenoxy) is 1. The molecule has 2 bridgehead atoms. The van der Waals surface area contributed by atoms with Gasteiger partial charge in [0.2, 0.25) is 5.95 Å². The summed E-state index contributed by atoms with van der Waals surface area (Å²) < 4.78 is 7.23. The van der Waals surface area contributed by atoms with Crippen LogP contribution in [0.15, 0.2) is 29.1 Å². The number of unbranched alkanes of at least 4 members (excludes halogenated alkanes) is 1. The number of nitrogens with two attached hydrogens (primary N) is 1. The fourth-order valence-electron chi connectivity index (χ4n) is 5.47. The van der Waals surface area contributed by atoms with Crippen molar-refractivity contribution < 1.29 is 9.53 Å². The number of carbonyl (C=O) groups is 1. The third kappa shape index (κ3) is 6.03. The molecule has 0 saturated carbocycles. The van der Waals surface area contributed by atoms with Gasteiger partial charge < -0.3 is 25.7 Å². The number of benzene rings is 1. The number of hydrogen-bond donors (Lipinski definition) is 3. The highest BCUT2D eigenvalue weighted by molar-refractivity contribution is 5.82. The van der Waals surface area contributed by atoms with Gasteiger partial charge in [-0.3, -0.25) is 9.47 Å². The number of anilines is 2. The van der Waals surface area contributed by atoms with Gasteiger partial charge in [-0.25, -0.2) is 9.59 Å². The number of nitrogens with zero attached hydrogens (tertiary/aromatic N) is 5. The Morgan fingerprint density at radius 3 is 2.44 bits per heavy atom.